The maximum absolute atomic E-state index is 12.9. The Balaban J connectivity index is 1.32. The number of aryl methyl sites for hydroxylation is 1. The Hall–Kier alpha value is -3.31. The minimum absolute atomic E-state index is 0.0294. The molecule has 0 aliphatic carbocycles. The highest BCUT2D eigenvalue weighted by atomic mass is 35.5. The Labute approximate surface area is 198 Å². The van der Waals surface area contributed by atoms with E-state index in [-0.39, 0.29) is 11.8 Å². The molecule has 3 aromatic carbocycles. The van der Waals surface area contributed by atoms with Crippen molar-refractivity contribution in [2.24, 2.45) is 0 Å². The summed E-state index contributed by atoms with van der Waals surface area (Å²) < 4.78 is 8.13. The molecule has 1 aliphatic heterocycles. The molecule has 5 rings (SSSR count). The van der Waals surface area contributed by atoms with Crippen molar-refractivity contribution in [2.45, 2.75) is 31.7 Å². The number of anilines is 1. The molecule has 4 aromatic rings. The first-order chi connectivity index (χ1) is 16.2. The van der Waals surface area contributed by atoms with E-state index in [9.17, 15) is 4.79 Å². The van der Waals surface area contributed by atoms with E-state index in [1.165, 1.54) is 0 Å². The average Bonchev–Trinajstić information content (AvgIpc) is 3.40. The Bertz CT molecular complexity index is 1250. The van der Waals surface area contributed by atoms with E-state index < -0.39 is 0 Å². The van der Waals surface area contributed by atoms with Crippen LogP contribution in [0, 0.1) is 0 Å². The monoisotopic (exact) mass is 459 g/mol. The molecule has 1 aromatic heterocycles. The number of hydrogen-bond acceptors (Lipinski definition) is 3. The number of ether oxygens (including phenoxy) is 1. The van der Waals surface area contributed by atoms with Crippen LogP contribution in [0.2, 0.25) is 5.02 Å². The van der Waals surface area contributed by atoms with Crippen molar-refractivity contribution in [3.8, 4) is 5.75 Å². The van der Waals surface area contributed by atoms with Crippen molar-refractivity contribution < 1.29 is 9.53 Å². The molecule has 0 unspecified atom stereocenters. The van der Waals surface area contributed by atoms with Crippen LogP contribution in [0.3, 0.4) is 0 Å². The molecule has 5 nitrogen and oxygen atoms in total. The first-order valence-electron chi connectivity index (χ1n) is 11.4. The van der Waals surface area contributed by atoms with E-state index in [0.717, 1.165) is 47.7 Å². The lowest BCUT2D eigenvalue weighted by Gasteiger charge is -2.18. The second kappa shape index (κ2) is 9.67. The van der Waals surface area contributed by atoms with Gasteiger partial charge in [0.2, 0.25) is 5.91 Å². The standard InChI is InChI=1S/C27H26ClN3O2/c28-22-12-4-6-14-24(22)31-19-20(18-26(31)32)27-29-23-13-5-7-15-25(23)30(27)16-8-9-17-33-21-10-2-1-3-11-21/h1-7,10-15,20H,8-9,16-19H2/t20-/m0/s1. The van der Waals surface area contributed by atoms with Crippen molar-refractivity contribution in [2.75, 3.05) is 18.1 Å². The van der Waals surface area contributed by atoms with Crippen molar-refractivity contribution >= 4 is 34.2 Å². The molecular weight excluding hydrogens is 434 g/mol. The Morgan fingerprint density at radius 3 is 2.55 bits per heavy atom. The van der Waals surface area contributed by atoms with Gasteiger partial charge in [0.15, 0.2) is 0 Å². The zero-order valence-electron chi connectivity index (χ0n) is 18.4. The van der Waals surface area contributed by atoms with Crippen LogP contribution < -0.4 is 9.64 Å². The second-order valence-corrected chi connectivity index (χ2v) is 8.74. The molecule has 1 aliphatic rings. The zero-order valence-corrected chi connectivity index (χ0v) is 19.1. The van der Waals surface area contributed by atoms with Crippen LogP contribution in [0.25, 0.3) is 11.0 Å². The van der Waals surface area contributed by atoms with Crippen molar-refractivity contribution in [1.82, 2.24) is 9.55 Å². The predicted octanol–water partition coefficient (Wildman–Crippen LogP) is 6.07. The summed E-state index contributed by atoms with van der Waals surface area (Å²) in [6.45, 7) is 2.10. The van der Waals surface area contributed by atoms with Gasteiger partial charge in [0.1, 0.15) is 11.6 Å². The number of carbonyl (C=O) groups is 1. The van der Waals surface area contributed by atoms with Crippen LogP contribution in [0.5, 0.6) is 5.75 Å². The van der Waals surface area contributed by atoms with Crippen molar-refractivity contribution in [3.05, 3.63) is 89.7 Å². The Morgan fingerprint density at radius 1 is 0.939 bits per heavy atom. The highest BCUT2D eigenvalue weighted by Crippen LogP contribution is 2.36. The van der Waals surface area contributed by atoms with E-state index in [4.69, 9.17) is 21.3 Å². The van der Waals surface area contributed by atoms with Gasteiger partial charge in [-0.3, -0.25) is 4.79 Å². The summed E-state index contributed by atoms with van der Waals surface area (Å²) in [5.41, 5.74) is 2.85. The molecule has 6 heteroatoms. The quantitative estimate of drug-likeness (QED) is 0.300. The van der Waals surface area contributed by atoms with Crippen LogP contribution in [0.1, 0.15) is 31.0 Å². The number of rotatable bonds is 8. The van der Waals surface area contributed by atoms with Gasteiger partial charge in [0.25, 0.3) is 0 Å². The van der Waals surface area contributed by atoms with E-state index in [1.807, 2.05) is 72.8 Å². The fraction of sp³-hybridized carbons (Fsp3) is 0.259. The molecule has 33 heavy (non-hydrogen) atoms. The third-order valence-corrected chi connectivity index (χ3v) is 6.43. The van der Waals surface area contributed by atoms with E-state index in [1.54, 1.807) is 4.90 Å². The third-order valence-electron chi connectivity index (χ3n) is 6.11. The third kappa shape index (κ3) is 4.60. The molecule has 0 saturated carbocycles. The number of unbranched alkanes of at least 4 members (excludes halogenated alkanes) is 1. The molecule has 1 amide bonds. The normalized spacial score (nSPS) is 16.0. The van der Waals surface area contributed by atoms with Crippen LogP contribution in [0.15, 0.2) is 78.9 Å². The van der Waals surface area contributed by atoms with E-state index >= 15 is 0 Å². The van der Waals surface area contributed by atoms with Crippen LogP contribution >= 0.6 is 11.6 Å². The topological polar surface area (TPSA) is 47.4 Å². The summed E-state index contributed by atoms with van der Waals surface area (Å²) in [4.78, 5) is 19.6. The van der Waals surface area contributed by atoms with Crippen LogP contribution in [0.4, 0.5) is 5.69 Å². The number of nitrogens with zero attached hydrogens (tertiary/aromatic N) is 3. The molecule has 1 fully saturated rings. The number of fused-ring (bicyclic) bond motifs is 1. The Morgan fingerprint density at radius 2 is 1.70 bits per heavy atom. The first-order valence-corrected chi connectivity index (χ1v) is 11.8. The number of benzene rings is 3. The van der Waals surface area contributed by atoms with Gasteiger partial charge in [-0.15, -0.1) is 0 Å². The minimum Gasteiger partial charge on any atom is -0.494 e. The van der Waals surface area contributed by atoms with Gasteiger partial charge in [-0.1, -0.05) is 54.1 Å². The maximum atomic E-state index is 12.9. The molecule has 0 spiro atoms. The highest BCUT2D eigenvalue weighted by Gasteiger charge is 2.35. The predicted molar refractivity (Wildman–Crippen MR) is 132 cm³/mol. The van der Waals surface area contributed by atoms with Crippen LogP contribution in [-0.4, -0.2) is 28.6 Å². The number of imidazole rings is 1. The average molecular weight is 460 g/mol. The summed E-state index contributed by atoms with van der Waals surface area (Å²) in [5, 5.41) is 0.596. The van der Waals surface area contributed by atoms with Gasteiger partial charge < -0.3 is 14.2 Å². The largest absolute Gasteiger partial charge is 0.494 e. The zero-order chi connectivity index (χ0) is 22.6. The fourth-order valence-corrected chi connectivity index (χ4v) is 4.74. The highest BCUT2D eigenvalue weighted by molar-refractivity contribution is 6.33. The van der Waals surface area contributed by atoms with Gasteiger partial charge in [0, 0.05) is 25.4 Å². The molecule has 1 atom stereocenters. The van der Waals surface area contributed by atoms with Gasteiger partial charge >= 0.3 is 0 Å². The lowest BCUT2D eigenvalue weighted by atomic mass is 10.1. The summed E-state index contributed by atoms with van der Waals surface area (Å²) in [6, 6.07) is 25.6. The van der Waals surface area contributed by atoms with Crippen molar-refractivity contribution in [3.63, 3.8) is 0 Å². The first kappa shape index (κ1) is 21.5. The second-order valence-electron chi connectivity index (χ2n) is 8.34. The fourth-order valence-electron chi connectivity index (χ4n) is 4.50. The summed E-state index contributed by atoms with van der Waals surface area (Å²) >= 11 is 6.37. The summed E-state index contributed by atoms with van der Waals surface area (Å²) in [6.07, 6.45) is 2.34. The molecule has 168 valence electrons. The SMILES string of the molecule is O=C1C[C@H](c2nc3ccccc3n2CCCCOc2ccccc2)CN1c1ccccc1Cl. The van der Waals surface area contributed by atoms with Crippen molar-refractivity contribution in [1.29, 1.82) is 0 Å². The molecule has 2 heterocycles. The number of amides is 1. The molecule has 0 N–H and O–H groups in total. The Kier molecular flexibility index (Phi) is 6.31. The van der Waals surface area contributed by atoms with Gasteiger partial charge in [-0.05, 0) is 49.2 Å². The van der Waals surface area contributed by atoms with Gasteiger partial charge in [-0.2, -0.15) is 0 Å². The van der Waals surface area contributed by atoms with Gasteiger partial charge in [0.05, 0.1) is 28.4 Å². The van der Waals surface area contributed by atoms with E-state index in [2.05, 4.69) is 10.6 Å². The number of carbonyl (C=O) groups excluding carboxylic acids is 1. The lowest BCUT2D eigenvalue weighted by molar-refractivity contribution is -0.117. The molecule has 0 bridgehead atoms. The van der Waals surface area contributed by atoms with E-state index in [0.29, 0.717) is 24.6 Å². The summed E-state index contributed by atoms with van der Waals surface area (Å²) in [7, 11) is 0. The maximum Gasteiger partial charge on any atom is 0.227 e. The van der Waals surface area contributed by atoms with Crippen LogP contribution in [-0.2, 0) is 11.3 Å². The smallest absolute Gasteiger partial charge is 0.227 e. The molecule has 0 radical (unpaired) electrons. The molecule has 1 saturated heterocycles. The number of halogens is 1. The molecular formula is C27H26ClN3O2. The summed E-state index contributed by atoms with van der Waals surface area (Å²) in [5.74, 6) is 1.99. The number of aromatic nitrogens is 2. The minimum atomic E-state index is 0.0294. The number of hydrogen-bond donors (Lipinski definition) is 0. The number of para-hydroxylation sites is 4. The van der Waals surface area contributed by atoms with Gasteiger partial charge in [-0.25, -0.2) is 4.98 Å². The lowest BCUT2D eigenvalue weighted by Crippen LogP contribution is -2.24.